The molecule has 2 heterocycles. The van der Waals surface area contributed by atoms with Crippen molar-refractivity contribution in [3.8, 4) is 0 Å². The number of hydrogen-bond donors (Lipinski definition) is 0. The lowest BCUT2D eigenvalue weighted by atomic mass is 10.0. The summed E-state index contributed by atoms with van der Waals surface area (Å²) < 4.78 is 0. The first-order valence-corrected chi connectivity index (χ1v) is 9.55. The Bertz CT molecular complexity index is 859. The van der Waals surface area contributed by atoms with Crippen molar-refractivity contribution in [2.45, 2.75) is 12.5 Å². The number of hydrogen-bond acceptors (Lipinski definition) is 3. The minimum Gasteiger partial charge on any atom is -0.340 e. The molecule has 0 bridgehead atoms. The van der Waals surface area contributed by atoms with Crippen LogP contribution < -0.4 is 0 Å². The van der Waals surface area contributed by atoms with Gasteiger partial charge in [-0.3, -0.25) is 14.5 Å². The highest BCUT2D eigenvalue weighted by molar-refractivity contribution is 5.90. The van der Waals surface area contributed by atoms with E-state index in [4.69, 9.17) is 0 Å². The zero-order valence-electron chi connectivity index (χ0n) is 15.5. The second kappa shape index (κ2) is 7.53. The van der Waals surface area contributed by atoms with Gasteiger partial charge in [-0.25, -0.2) is 0 Å². The number of piperazine rings is 1. The van der Waals surface area contributed by atoms with Crippen molar-refractivity contribution in [2.24, 2.45) is 0 Å². The van der Waals surface area contributed by atoms with Gasteiger partial charge in [-0.15, -0.1) is 0 Å². The monoisotopic (exact) mass is 363 g/mol. The molecule has 2 fully saturated rings. The Labute approximate surface area is 159 Å². The average molecular weight is 363 g/mol. The number of nitrogens with zero attached hydrogens (tertiary/aromatic N) is 3. The van der Waals surface area contributed by atoms with Gasteiger partial charge >= 0.3 is 0 Å². The fourth-order valence-electron chi connectivity index (χ4n) is 4.05. The van der Waals surface area contributed by atoms with E-state index in [9.17, 15) is 9.59 Å². The van der Waals surface area contributed by atoms with Gasteiger partial charge in [0.15, 0.2) is 0 Å². The Hall–Kier alpha value is -2.66. The summed E-state index contributed by atoms with van der Waals surface area (Å²) in [6, 6.07) is 14.8. The van der Waals surface area contributed by atoms with Crippen LogP contribution in [-0.4, -0.2) is 71.8 Å². The number of carbonyl (C=O) groups excluding carboxylic acids is 2. The van der Waals surface area contributed by atoms with Crippen LogP contribution in [0.4, 0.5) is 0 Å². The van der Waals surface area contributed by atoms with E-state index in [0.29, 0.717) is 12.5 Å². The van der Waals surface area contributed by atoms with Crippen LogP contribution in [0.1, 0.15) is 5.56 Å². The summed E-state index contributed by atoms with van der Waals surface area (Å²) in [7, 11) is 0. The highest BCUT2D eigenvalue weighted by atomic mass is 16.2. The molecule has 0 aromatic heterocycles. The first kappa shape index (κ1) is 17.7. The van der Waals surface area contributed by atoms with E-state index in [1.54, 1.807) is 0 Å². The van der Waals surface area contributed by atoms with Crippen molar-refractivity contribution < 1.29 is 9.59 Å². The third kappa shape index (κ3) is 3.60. The third-order valence-corrected chi connectivity index (χ3v) is 5.75. The third-order valence-electron chi connectivity index (χ3n) is 5.75. The number of carbonyl (C=O) groups is 2. The summed E-state index contributed by atoms with van der Waals surface area (Å²) >= 11 is 0. The Morgan fingerprint density at radius 1 is 0.963 bits per heavy atom. The molecule has 2 aliphatic rings. The molecule has 2 aromatic rings. The Morgan fingerprint density at radius 3 is 2.41 bits per heavy atom. The normalized spacial score (nSPS) is 18.4. The summed E-state index contributed by atoms with van der Waals surface area (Å²) in [6.45, 7) is 8.35. The van der Waals surface area contributed by atoms with Gasteiger partial charge in [0, 0.05) is 45.3 Å². The van der Waals surface area contributed by atoms with Crippen molar-refractivity contribution in [1.29, 1.82) is 0 Å². The van der Waals surface area contributed by atoms with Gasteiger partial charge in [0.25, 0.3) is 0 Å². The van der Waals surface area contributed by atoms with Crippen molar-refractivity contribution in [1.82, 2.24) is 14.7 Å². The standard InChI is InChI=1S/C22H25N3O2/c1-2-21(26)25-15-19(16-25)23-10-12-24(13-11-23)22(27)14-18-8-5-7-17-6-3-4-9-20(17)18/h2-9,19H,1,10-16H2. The summed E-state index contributed by atoms with van der Waals surface area (Å²) in [5.74, 6) is 0.207. The number of benzene rings is 2. The lowest BCUT2D eigenvalue weighted by Crippen LogP contribution is -2.64. The van der Waals surface area contributed by atoms with E-state index >= 15 is 0 Å². The quantitative estimate of drug-likeness (QED) is 0.780. The van der Waals surface area contributed by atoms with E-state index in [2.05, 4.69) is 35.7 Å². The first-order chi connectivity index (χ1) is 13.2. The molecule has 4 rings (SSSR count). The van der Waals surface area contributed by atoms with Crippen molar-refractivity contribution in [3.63, 3.8) is 0 Å². The smallest absolute Gasteiger partial charge is 0.246 e. The molecule has 5 nitrogen and oxygen atoms in total. The fourth-order valence-corrected chi connectivity index (χ4v) is 4.05. The van der Waals surface area contributed by atoms with Gasteiger partial charge < -0.3 is 9.80 Å². The van der Waals surface area contributed by atoms with Gasteiger partial charge in [-0.05, 0) is 22.4 Å². The maximum Gasteiger partial charge on any atom is 0.246 e. The molecule has 2 aromatic carbocycles. The minimum absolute atomic E-state index is 0.00940. The minimum atomic E-state index is 0.00940. The largest absolute Gasteiger partial charge is 0.340 e. The molecule has 5 heteroatoms. The molecule has 0 spiro atoms. The highest BCUT2D eigenvalue weighted by Gasteiger charge is 2.35. The van der Waals surface area contributed by atoms with E-state index in [-0.39, 0.29) is 11.8 Å². The van der Waals surface area contributed by atoms with Crippen molar-refractivity contribution >= 4 is 22.6 Å². The molecular weight excluding hydrogens is 338 g/mol. The van der Waals surface area contributed by atoms with Crippen LogP contribution in [-0.2, 0) is 16.0 Å². The van der Waals surface area contributed by atoms with E-state index in [1.165, 1.54) is 11.5 Å². The van der Waals surface area contributed by atoms with Gasteiger partial charge in [-0.2, -0.15) is 0 Å². The molecule has 2 amide bonds. The summed E-state index contributed by atoms with van der Waals surface area (Å²) in [6.07, 6.45) is 1.83. The van der Waals surface area contributed by atoms with Crippen LogP contribution in [0.25, 0.3) is 10.8 Å². The van der Waals surface area contributed by atoms with Gasteiger partial charge in [0.1, 0.15) is 0 Å². The number of likely N-dealkylation sites (tertiary alicyclic amines) is 1. The number of fused-ring (bicyclic) bond motifs is 1. The number of rotatable bonds is 4. The summed E-state index contributed by atoms with van der Waals surface area (Å²) in [5, 5.41) is 2.34. The van der Waals surface area contributed by atoms with Gasteiger partial charge in [-0.1, -0.05) is 49.0 Å². The lowest BCUT2D eigenvalue weighted by molar-refractivity contribution is -0.136. The van der Waals surface area contributed by atoms with Crippen molar-refractivity contribution in [3.05, 3.63) is 60.7 Å². The molecule has 2 aliphatic heterocycles. The molecule has 0 unspecified atom stereocenters. The van der Waals surface area contributed by atoms with Crippen LogP contribution in [0.15, 0.2) is 55.1 Å². The molecule has 0 N–H and O–H groups in total. The highest BCUT2D eigenvalue weighted by Crippen LogP contribution is 2.21. The maximum absolute atomic E-state index is 12.8. The topological polar surface area (TPSA) is 43.9 Å². The maximum atomic E-state index is 12.8. The summed E-state index contributed by atoms with van der Waals surface area (Å²) in [4.78, 5) is 30.6. The van der Waals surface area contributed by atoms with Crippen molar-refractivity contribution in [2.75, 3.05) is 39.3 Å². The summed E-state index contributed by atoms with van der Waals surface area (Å²) in [5.41, 5.74) is 1.10. The number of amides is 2. The Morgan fingerprint density at radius 2 is 1.67 bits per heavy atom. The van der Waals surface area contributed by atoms with E-state index < -0.39 is 0 Å². The first-order valence-electron chi connectivity index (χ1n) is 9.55. The molecular formula is C22H25N3O2. The zero-order valence-corrected chi connectivity index (χ0v) is 15.5. The predicted molar refractivity (Wildman–Crippen MR) is 106 cm³/mol. The average Bonchev–Trinajstić information content (AvgIpc) is 2.67. The van der Waals surface area contributed by atoms with E-state index in [1.807, 2.05) is 28.0 Å². The van der Waals surface area contributed by atoms with E-state index in [0.717, 1.165) is 50.2 Å². The Balaban J connectivity index is 1.31. The van der Waals surface area contributed by atoms with Crippen LogP contribution in [0.5, 0.6) is 0 Å². The van der Waals surface area contributed by atoms with Crippen LogP contribution in [0.3, 0.4) is 0 Å². The molecule has 0 atom stereocenters. The molecule has 27 heavy (non-hydrogen) atoms. The second-order valence-corrected chi connectivity index (χ2v) is 7.33. The molecule has 0 radical (unpaired) electrons. The second-order valence-electron chi connectivity index (χ2n) is 7.33. The predicted octanol–water partition coefficient (Wildman–Crippen LogP) is 1.92. The van der Waals surface area contributed by atoms with Crippen LogP contribution >= 0.6 is 0 Å². The van der Waals surface area contributed by atoms with Gasteiger partial charge in [0.2, 0.25) is 11.8 Å². The van der Waals surface area contributed by atoms with Gasteiger partial charge in [0.05, 0.1) is 6.42 Å². The molecule has 2 saturated heterocycles. The molecule has 0 saturated carbocycles. The zero-order chi connectivity index (χ0) is 18.8. The Kier molecular flexibility index (Phi) is 4.94. The molecule has 0 aliphatic carbocycles. The fraction of sp³-hybridized carbons (Fsp3) is 0.364. The lowest BCUT2D eigenvalue weighted by Gasteiger charge is -2.47. The SMILES string of the molecule is C=CC(=O)N1CC(N2CCN(C(=O)Cc3cccc4ccccc34)CC2)C1. The van der Waals surface area contributed by atoms with Crippen LogP contribution in [0, 0.1) is 0 Å². The molecule has 140 valence electrons. The van der Waals surface area contributed by atoms with Crippen LogP contribution in [0.2, 0.25) is 0 Å².